The van der Waals surface area contributed by atoms with Gasteiger partial charge in [-0.3, -0.25) is 4.79 Å². The molecular weight excluding hydrogens is 272 g/mol. The van der Waals surface area contributed by atoms with Crippen molar-refractivity contribution in [3.63, 3.8) is 0 Å². The molecule has 0 aliphatic rings. The SMILES string of the molecule is CCOC(=O)CCN(C)S(=O)(=O)Cc1cc(C)on1. The largest absolute Gasteiger partial charge is 0.466 e. The number of carbonyl (C=O) groups excluding carboxylic acids is 1. The molecule has 19 heavy (non-hydrogen) atoms. The standard InChI is InChI=1S/C11H18N2O5S/c1-4-17-11(14)5-6-13(3)19(15,16)8-10-7-9(2)18-12-10/h7H,4-6,8H2,1-3H3. The lowest BCUT2D eigenvalue weighted by atomic mass is 10.4. The first-order valence-electron chi connectivity index (χ1n) is 5.87. The molecule has 0 atom stereocenters. The van der Waals surface area contributed by atoms with Gasteiger partial charge in [0.1, 0.15) is 17.2 Å². The van der Waals surface area contributed by atoms with Crippen molar-refractivity contribution in [1.82, 2.24) is 9.46 Å². The maximum Gasteiger partial charge on any atom is 0.307 e. The van der Waals surface area contributed by atoms with Gasteiger partial charge in [-0.2, -0.15) is 0 Å². The minimum atomic E-state index is -3.51. The van der Waals surface area contributed by atoms with Crippen LogP contribution in [0.25, 0.3) is 0 Å². The van der Waals surface area contributed by atoms with Gasteiger partial charge in [-0.25, -0.2) is 12.7 Å². The fraction of sp³-hybridized carbons (Fsp3) is 0.636. The number of ether oxygens (including phenoxy) is 1. The third kappa shape index (κ3) is 4.99. The van der Waals surface area contributed by atoms with E-state index in [1.807, 2.05) is 0 Å². The zero-order chi connectivity index (χ0) is 14.5. The van der Waals surface area contributed by atoms with Crippen molar-refractivity contribution in [2.75, 3.05) is 20.2 Å². The highest BCUT2D eigenvalue weighted by atomic mass is 32.2. The van der Waals surface area contributed by atoms with Gasteiger partial charge in [-0.1, -0.05) is 5.16 Å². The molecule has 1 heterocycles. The second-order valence-corrected chi connectivity index (χ2v) is 6.14. The number of hydrogen-bond donors (Lipinski definition) is 0. The summed E-state index contributed by atoms with van der Waals surface area (Å²) in [4.78, 5) is 11.2. The minimum Gasteiger partial charge on any atom is -0.466 e. The molecule has 1 rings (SSSR count). The summed E-state index contributed by atoms with van der Waals surface area (Å²) in [5, 5.41) is 3.64. The Morgan fingerprint density at radius 2 is 2.21 bits per heavy atom. The third-order valence-electron chi connectivity index (χ3n) is 2.42. The quantitative estimate of drug-likeness (QED) is 0.687. The van der Waals surface area contributed by atoms with Gasteiger partial charge in [0.05, 0.1) is 13.0 Å². The molecule has 0 spiro atoms. The molecule has 0 saturated carbocycles. The van der Waals surface area contributed by atoms with Crippen molar-refractivity contribution in [2.24, 2.45) is 0 Å². The summed E-state index contributed by atoms with van der Waals surface area (Å²) >= 11 is 0. The fourth-order valence-corrected chi connectivity index (χ4v) is 2.50. The Kier molecular flexibility index (Phi) is 5.49. The zero-order valence-electron chi connectivity index (χ0n) is 11.2. The molecular formula is C11H18N2O5S. The smallest absolute Gasteiger partial charge is 0.307 e. The molecule has 0 radical (unpaired) electrons. The molecule has 0 aliphatic heterocycles. The van der Waals surface area contributed by atoms with Gasteiger partial charge in [-0.15, -0.1) is 0 Å². The van der Waals surface area contributed by atoms with Gasteiger partial charge < -0.3 is 9.26 Å². The minimum absolute atomic E-state index is 0.0292. The van der Waals surface area contributed by atoms with Gasteiger partial charge >= 0.3 is 5.97 Å². The lowest BCUT2D eigenvalue weighted by Crippen LogP contribution is -2.30. The van der Waals surface area contributed by atoms with Crippen LogP contribution in [-0.2, 0) is 25.3 Å². The molecule has 7 nitrogen and oxygen atoms in total. The lowest BCUT2D eigenvalue weighted by molar-refractivity contribution is -0.143. The van der Waals surface area contributed by atoms with Gasteiger partial charge in [0.2, 0.25) is 10.0 Å². The van der Waals surface area contributed by atoms with Crippen molar-refractivity contribution in [3.8, 4) is 0 Å². The summed E-state index contributed by atoms with van der Waals surface area (Å²) in [6, 6.07) is 1.57. The number of aromatic nitrogens is 1. The first-order chi connectivity index (χ1) is 8.85. The van der Waals surface area contributed by atoms with E-state index in [9.17, 15) is 13.2 Å². The van der Waals surface area contributed by atoms with Gasteiger partial charge in [0, 0.05) is 19.7 Å². The summed E-state index contributed by atoms with van der Waals surface area (Å²) in [7, 11) is -2.09. The Bertz CT molecular complexity index is 523. The van der Waals surface area contributed by atoms with E-state index < -0.39 is 16.0 Å². The molecule has 0 bridgehead atoms. The average molecular weight is 290 g/mol. The molecule has 1 aromatic heterocycles. The highest BCUT2D eigenvalue weighted by Gasteiger charge is 2.21. The van der Waals surface area contributed by atoms with E-state index in [1.165, 1.54) is 7.05 Å². The van der Waals surface area contributed by atoms with Crippen molar-refractivity contribution in [1.29, 1.82) is 0 Å². The van der Waals surface area contributed by atoms with Crippen LogP contribution < -0.4 is 0 Å². The third-order valence-corrected chi connectivity index (χ3v) is 4.21. The van der Waals surface area contributed by atoms with Crippen LogP contribution in [0.4, 0.5) is 0 Å². The van der Waals surface area contributed by atoms with Crippen LogP contribution in [0, 0.1) is 6.92 Å². The van der Waals surface area contributed by atoms with Crippen LogP contribution in [0.2, 0.25) is 0 Å². The van der Waals surface area contributed by atoms with Crippen molar-refractivity contribution in [2.45, 2.75) is 26.0 Å². The van der Waals surface area contributed by atoms with E-state index in [2.05, 4.69) is 5.16 Å². The zero-order valence-corrected chi connectivity index (χ0v) is 12.1. The van der Waals surface area contributed by atoms with Crippen molar-refractivity contribution < 1.29 is 22.5 Å². The molecule has 1 aromatic rings. The number of nitrogens with zero attached hydrogens (tertiary/aromatic N) is 2. The van der Waals surface area contributed by atoms with E-state index in [0.29, 0.717) is 11.5 Å². The maximum absolute atomic E-state index is 12.0. The Hall–Kier alpha value is -1.41. The average Bonchev–Trinajstić information content (AvgIpc) is 2.71. The monoisotopic (exact) mass is 290 g/mol. The maximum atomic E-state index is 12.0. The Labute approximate surface area is 112 Å². The van der Waals surface area contributed by atoms with Gasteiger partial charge in [0.15, 0.2) is 0 Å². The molecule has 0 unspecified atom stereocenters. The van der Waals surface area contributed by atoms with E-state index in [1.54, 1.807) is 19.9 Å². The summed E-state index contributed by atoms with van der Waals surface area (Å²) in [6.07, 6.45) is 0.0292. The molecule has 0 fully saturated rings. The molecule has 0 aliphatic carbocycles. The normalized spacial score (nSPS) is 11.8. The number of hydrogen-bond acceptors (Lipinski definition) is 6. The highest BCUT2D eigenvalue weighted by molar-refractivity contribution is 7.88. The van der Waals surface area contributed by atoms with E-state index in [0.717, 1.165) is 4.31 Å². The molecule has 0 saturated heterocycles. The first-order valence-corrected chi connectivity index (χ1v) is 7.48. The number of carbonyl (C=O) groups is 1. The van der Waals surface area contributed by atoms with Crippen molar-refractivity contribution >= 4 is 16.0 Å². The van der Waals surface area contributed by atoms with E-state index in [-0.39, 0.29) is 25.3 Å². The van der Waals surface area contributed by atoms with Gasteiger partial charge in [0.25, 0.3) is 0 Å². The van der Waals surface area contributed by atoms with Crippen LogP contribution >= 0.6 is 0 Å². The second-order valence-electron chi connectivity index (χ2n) is 4.06. The van der Waals surface area contributed by atoms with E-state index in [4.69, 9.17) is 9.26 Å². The molecule has 108 valence electrons. The number of aryl methyl sites for hydroxylation is 1. The second kappa shape index (κ2) is 6.67. The predicted octanol–water partition coefficient (Wildman–Crippen LogP) is 0.698. The Balaban J connectivity index is 2.54. The highest BCUT2D eigenvalue weighted by Crippen LogP contribution is 2.10. The van der Waals surface area contributed by atoms with Crippen LogP contribution in [0.5, 0.6) is 0 Å². The fourth-order valence-electron chi connectivity index (χ4n) is 1.40. The predicted molar refractivity (Wildman–Crippen MR) is 67.7 cm³/mol. The molecule has 0 aromatic carbocycles. The molecule has 0 amide bonds. The van der Waals surface area contributed by atoms with Crippen molar-refractivity contribution in [3.05, 3.63) is 17.5 Å². The lowest BCUT2D eigenvalue weighted by Gasteiger charge is -2.15. The topological polar surface area (TPSA) is 89.7 Å². The summed E-state index contributed by atoms with van der Waals surface area (Å²) in [5.74, 6) is -0.106. The Morgan fingerprint density at radius 1 is 1.53 bits per heavy atom. The summed E-state index contributed by atoms with van der Waals surface area (Å²) in [5.41, 5.74) is 0.348. The number of esters is 1. The molecule has 0 N–H and O–H groups in total. The van der Waals surface area contributed by atoms with Gasteiger partial charge in [-0.05, 0) is 13.8 Å². The van der Waals surface area contributed by atoms with Crippen LogP contribution in [0.3, 0.4) is 0 Å². The van der Waals surface area contributed by atoms with Crippen LogP contribution in [0.15, 0.2) is 10.6 Å². The summed E-state index contributed by atoms with van der Waals surface area (Å²) in [6.45, 7) is 3.75. The Morgan fingerprint density at radius 3 is 2.74 bits per heavy atom. The van der Waals surface area contributed by atoms with Crippen LogP contribution in [0.1, 0.15) is 24.8 Å². The molecule has 8 heteroatoms. The first kappa shape index (κ1) is 15.6. The number of rotatable bonds is 7. The number of sulfonamides is 1. The summed E-state index contributed by atoms with van der Waals surface area (Å²) < 4.78 is 34.6. The van der Waals surface area contributed by atoms with Crippen LogP contribution in [-0.4, -0.2) is 44.0 Å². The van der Waals surface area contributed by atoms with E-state index >= 15 is 0 Å².